The second-order valence-corrected chi connectivity index (χ2v) is 6.53. The van der Waals surface area contributed by atoms with Crippen molar-refractivity contribution in [3.05, 3.63) is 63.6 Å². The summed E-state index contributed by atoms with van der Waals surface area (Å²) in [4.78, 5) is 24.6. The monoisotopic (exact) mass is 362 g/mol. The fraction of sp³-hybridized carbons (Fsp3) is 0.222. The molecule has 1 aliphatic rings. The summed E-state index contributed by atoms with van der Waals surface area (Å²) >= 11 is 12.2. The van der Waals surface area contributed by atoms with Crippen molar-refractivity contribution in [1.82, 2.24) is 5.32 Å². The predicted octanol–water partition coefficient (Wildman–Crippen LogP) is 4.07. The SMILES string of the molecule is O=C(Cc1c(Cl)cccc1Cl)Nc1ccccc1C(=O)NC1CC1. The van der Waals surface area contributed by atoms with Crippen LogP contribution in [-0.4, -0.2) is 17.9 Å². The van der Waals surface area contributed by atoms with Gasteiger partial charge in [-0.15, -0.1) is 0 Å². The first-order valence-corrected chi connectivity index (χ1v) is 8.43. The third-order valence-corrected chi connectivity index (χ3v) is 4.47. The maximum absolute atomic E-state index is 12.3. The van der Waals surface area contributed by atoms with E-state index in [1.54, 1.807) is 42.5 Å². The van der Waals surface area contributed by atoms with Gasteiger partial charge in [0.05, 0.1) is 17.7 Å². The Kier molecular flexibility index (Phi) is 5.07. The lowest BCUT2D eigenvalue weighted by Gasteiger charge is -2.12. The largest absolute Gasteiger partial charge is 0.349 e. The fourth-order valence-corrected chi connectivity index (χ4v) is 2.87. The van der Waals surface area contributed by atoms with Gasteiger partial charge in [-0.25, -0.2) is 0 Å². The molecule has 6 heteroatoms. The Morgan fingerprint density at radius 1 is 1.00 bits per heavy atom. The van der Waals surface area contributed by atoms with Gasteiger partial charge >= 0.3 is 0 Å². The molecule has 0 atom stereocenters. The molecule has 0 unspecified atom stereocenters. The Bertz CT molecular complexity index is 768. The molecule has 1 fully saturated rings. The van der Waals surface area contributed by atoms with Gasteiger partial charge in [-0.3, -0.25) is 9.59 Å². The molecule has 0 aromatic heterocycles. The van der Waals surface area contributed by atoms with E-state index in [9.17, 15) is 9.59 Å². The molecule has 1 saturated carbocycles. The van der Waals surface area contributed by atoms with Crippen LogP contribution < -0.4 is 10.6 Å². The lowest BCUT2D eigenvalue weighted by atomic mass is 10.1. The second kappa shape index (κ2) is 7.24. The topological polar surface area (TPSA) is 58.2 Å². The van der Waals surface area contributed by atoms with E-state index in [2.05, 4.69) is 10.6 Å². The zero-order chi connectivity index (χ0) is 17.1. The van der Waals surface area contributed by atoms with Gasteiger partial charge in [0.2, 0.25) is 5.91 Å². The lowest BCUT2D eigenvalue weighted by Crippen LogP contribution is -2.27. The van der Waals surface area contributed by atoms with Crippen LogP contribution in [0, 0.1) is 0 Å². The number of carbonyl (C=O) groups excluding carboxylic acids is 2. The maximum atomic E-state index is 12.3. The summed E-state index contributed by atoms with van der Waals surface area (Å²) in [7, 11) is 0. The molecule has 0 aliphatic heterocycles. The molecule has 2 N–H and O–H groups in total. The number of hydrogen-bond acceptors (Lipinski definition) is 2. The molecule has 2 amide bonds. The van der Waals surface area contributed by atoms with Crippen molar-refractivity contribution in [1.29, 1.82) is 0 Å². The Balaban J connectivity index is 1.73. The van der Waals surface area contributed by atoms with Gasteiger partial charge in [0.15, 0.2) is 0 Å². The average molecular weight is 363 g/mol. The Labute approximate surface area is 150 Å². The van der Waals surface area contributed by atoms with E-state index in [1.807, 2.05) is 0 Å². The Hall–Kier alpha value is -2.04. The van der Waals surface area contributed by atoms with Gasteiger partial charge in [0.1, 0.15) is 0 Å². The van der Waals surface area contributed by atoms with Gasteiger partial charge in [0.25, 0.3) is 5.91 Å². The fourth-order valence-electron chi connectivity index (χ4n) is 2.34. The highest BCUT2D eigenvalue weighted by Crippen LogP contribution is 2.26. The Morgan fingerprint density at radius 3 is 2.33 bits per heavy atom. The molecular weight excluding hydrogens is 347 g/mol. The third kappa shape index (κ3) is 4.08. The smallest absolute Gasteiger partial charge is 0.253 e. The van der Waals surface area contributed by atoms with Crippen molar-refractivity contribution < 1.29 is 9.59 Å². The highest BCUT2D eigenvalue weighted by atomic mass is 35.5. The zero-order valence-corrected chi connectivity index (χ0v) is 14.3. The van der Waals surface area contributed by atoms with Crippen LogP contribution in [0.15, 0.2) is 42.5 Å². The highest BCUT2D eigenvalue weighted by Gasteiger charge is 2.25. The van der Waals surface area contributed by atoms with E-state index in [0.717, 1.165) is 12.8 Å². The predicted molar refractivity (Wildman–Crippen MR) is 95.7 cm³/mol. The summed E-state index contributed by atoms with van der Waals surface area (Å²) < 4.78 is 0. The number of rotatable bonds is 5. The van der Waals surface area contributed by atoms with Crippen LogP contribution in [0.3, 0.4) is 0 Å². The minimum Gasteiger partial charge on any atom is -0.349 e. The molecule has 0 spiro atoms. The van der Waals surface area contributed by atoms with Crippen molar-refractivity contribution in [2.75, 3.05) is 5.32 Å². The first-order valence-electron chi connectivity index (χ1n) is 7.67. The number of halogens is 2. The number of amides is 2. The molecule has 0 bridgehead atoms. The van der Waals surface area contributed by atoms with E-state index in [4.69, 9.17) is 23.2 Å². The summed E-state index contributed by atoms with van der Waals surface area (Å²) in [6.07, 6.45) is 2.05. The first kappa shape index (κ1) is 16.8. The number of hydrogen-bond donors (Lipinski definition) is 2. The van der Waals surface area contributed by atoms with E-state index in [1.165, 1.54) is 0 Å². The molecule has 0 radical (unpaired) electrons. The van der Waals surface area contributed by atoms with Crippen LogP contribution in [0.25, 0.3) is 0 Å². The van der Waals surface area contributed by atoms with Crippen LogP contribution in [0.2, 0.25) is 10.0 Å². The molecule has 0 heterocycles. The van der Waals surface area contributed by atoms with Crippen LogP contribution in [0.4, 0.5) is 5.69 Å². The van der Waals surface area contributed by atoms with Crippen molar-refractivity contribution >= 4 is 40.7 Å². The number of para-hydroxylation sites is 1. The normalized spacial score (nSPS) is 13.4. The van der Waals surface area contributed by atoms with Crippen molar-refractivity contribution in [2.24, 2.45) is 0 Å². The van der Waals surface area contributed by atoms with E-state index in [0.29, 0.717) is 26.9 Å². The van der Waals surface area contributed by atoms with Gasteiger partial charge < -0.3 is 10.6 Å². The van der Waals surface area contributed by atoms with Crippen LogP contribution >= 0.6 is 23.2 Å². The number of anilines is 1. The number of carbonyl (C=O) groups is 2. The molecule has 124 valence electrons. The summed E-state index contributed by atoms with van der Waals surface area (Å²) in [5.74, 6) is -0.458. The summed E-state index contributed by atoms with van der Waals surface area (Å²) in [6, 6.07) is 12.3. The summed E-state index contributed by atoms with van der Waals surface area (Å²) in [5.41, 5.74) is 1.49. The zero-order valence-electron chi connectivity index (χ0n) is 12.8. The molecule has 3 rings (SSSR count). The van der Waals surface area contributed by atoms with E-state index in [-0.39, 0.29) is 24.3 Å². The van der Waals surface area contributed by atoms with Crippen molar-refractivity contribution in [2.45, 2.75) is 25.3 Å². The minimum atomic E-state index is -0.281. The average Bonchev–Trinajstić information content (AvgIpc) is 3.35. The summed E-state index contributed by atoms with van der Waals surface area (Å²) in [6.45, 7) is 0. The van der Waals surface area contributed by atoms with Crippen molar-refractivity contribution in [3.8, 4) is 0 Å². The number of nitrogens with one attached hydrogen (secondary N) is 2. The van der Waals surface area contributed by atoms with E-state index < -0.39 is 0 Å². The second-order valence-electron chi connectivity index (χ2n) is 5.72. The molecule has 0 saturated heterocycles. The third-order valence-electron chi connectivity index (χ3n) is 3.76. The standard InChI is InChI=1S/C18H16Cl2N2O2/c19-14-5-3-6-15(20)13(14)10-17(23)22-16-7-2-1-4-12(16)18(24)21-11-8-9-11/h1-7,11H,8-10H2,(H,21,24)(H,22,23). The lowest BCUT2D eigenvalue weighted by molar-refractivity contribution is -0.115. The van der Waals surface area contributed by atoms with Gasteiger partial charge in [-0.1, -0.05) is 41.4 Å². The summed E-state index contributed by atoms with van der Waals surface area (Å²) in [5, 5.41) is 6.57. The van der Waals surface area contributed by atoms with Crippen molar-refractivity contribution in [3.63, 3.8) is 0 Å². The highest BCUT2D eigenvalue weighted by molar-refractivity contribution is 6.36. The molecule has 2 aromatic carbocycles. The Morgan fingerprint density at radius 2 is 1.67 bits per heavy atom. The maximum Gasteiger partial charge on any atom is 0.253 e. The van der Waals surface area contributed by atoms with Gasteiger partial charge in [-0.05, 0) is 42.7 Å². The van der Waals surface area contributed by atoms with Crippen LogP contribution in [0.1, 0.15) is 28.8 Å². The molecule has 24 heavy (non-hydrogen) atoms. The van der Waals surface area contributed by atoms with Gasteiger partial charge in [-0.2, -0.15) is 0 Å². The van der Waals surface area contributed by atoms with E-state index >= 15 is 0 Å². The van der Waals surface area contributed by atoms with Crippen LogP contribution in [0.5, 0.6) is 0 Å². The molecule has 1 aliphatic carbocycles. The quantitative estimate of drug-likeness (QED) is 0.842. The first-order chi connectivity index (χ1) is 11.5. The van der Waals surface area contributed by atoms with Crippen LogP contribution in [-0.2, 0) is 11.2 Å². The molecule has 2 aromatic rings. The van der Waals surface area contributed by atoms with Gasteiger partial charge in [0, 0.05) is 16.1 Å². The molecular formula is C18H16Cl2N2O2. The molecule has 4 nitrogen and oxygen atoms in total. The minimum absolute atomic E-state index is 0.0388. The number of benzene rings is 2.